The van der Waals surface area contributed by atoms with Crippen LogP contribution in [-0.2, 0) is 6.54 Å². The molecule has 1 aromatic carbocycles. The van der Waals surface area contributed by atoms with Crippen LogP contribution in [0, 0.1) is 5.92 Å². The fraction of sp³-hybridized carbons (Fsp3) is 0.600. The summed E-state index contributed by atoms with van der Waals surface area (Å²) >= 11 is 6.00. The van der Waals surface area contributed by atoms with Crippen LogP contribution in [0.5, 0.6) is 0 Å². The highest BCUT2D eigenvalue weighted by Gasteiger charge is 2.13. The van der Waals surface area contributed by atoms with Crippen molar-refractivity contribution in [2.75, 3.05) is 26.7 Å². The number of halogens is 2. The number of nitrogens with one attached hydrogen (secondary N) is 1. The molecule has 0 spiro atoms. The lowest BCUT2D eigenvalue weighted by atomic mass is 9.94. The molecule has 19 heavy (non-hydrogen) atoms. The van der Waals surface area contributed by atoms with Gasteiger partial charge in [-0.3, -0.25) is 0 Å². The summed E-state index contributed by atoms with van der Waals surface area (Å²) in [4.78, 5) is 2.40. The molecule has 0 bridgehead atoms. The average Bonchev–Trinajstić information content (AvgIpc) is 2.38. The lowest BCUT2D eigenvalue weighted by Crippen LogP contribution is -2.30. The van der Waals surface area contributed by atoms with Gasteiger partial charge in [-0.25, -0.2) is 0 Å². The van der Waals surface area contributed by atoms with Crippen LogP contribution in [0.2, 0.25) is 5.02 Å². The summed E-state index contributed by atoms with van der Waals surface area (Å²) in [6.45, 7) is 4.56. The van der Waals surface area contributed by atoms with Gasteiger partial charge >= 0.3 is 0 Å². The highest BCUT2D eigenvalue weighted by atomic mass is 35.5. The van der Waals surface area contributed by atoms with E-state index in [4.69, 9.17) is 11.6 Å². The molecule has 2 rings (SSSR count). The summed E-state index contributed by atoms with van der Waals surface area (Å²) < 4.78 is 0. The lowest BCUT2D eigenvalue weighted by molar-refractivity contribution is 0.266. The van der Waals surface area contributed by atoms with E-state index >= 15 is 0 Å². The highest BCUT2D eigenvalue weighted by Crippen LogP contribution is 2.17. The second-order valence-corrected chi connectivity index (χ2v) is 5.79. The molecule has 0 aliphatic carbocycles. The Morgan fingerprint density at radius 3 is 2.74 bits per heavy atom. The van der Waals surface area contributed by atoms with Crippen LogP contribution in [0.3, 0.4) is 0 Å². The van der Waals surface area contributed by atoms with Crippen molar-refractivity contribution < 1.29 is 0 Å². The van der Waals surface area contributed by atoms with Crippen LogP contribution in [0.4, 0.5) is 0 Å². The fourth-order valence-electron chi connectivity index (χ4n) is 2.60. The molecule has 0 unspecified atom stereocenters. The van der Waals surface area contributed by atoms with Gasteiger partial charge in [0.05, 0.1) is 0 Å². The molecule has 1 N–H and O–H groups in total. The highest BCUT2D eigenvalue weighted by molar-refractivity contribution is 6.30. The van der Waals surface area contributed by atoms with E-state index in [2.05, 4.69) is 29.4 Å². The Balaban J connectivity index is 0.00000180. The maximum atomic E-state index is 6.00. The zero-order chi connectivity index (χ0) is 12.8. The zero-order valence-corrected chi connectivity index (χ0v) is 13.1. The van der Waals surface area contributed by atoms with Crippen molar-refractivity contribution in [1.82, 2.24) is 10.2 Å². The Kier molecular flexibility index (Phi) is 7.77. The van der Waals surface area contributed by atoms with Crippen LogP contribution >= 0.6 is 24.0 Å². The van der Waals surface area contributed by atoms with Gasteiger partial charge in [-0.05, 0) is 69.6 Å². The van der Waals surface area contributed by atoms with Crippen molar-refractivity contribution in [3.8, 4) is 0 Å². The van der Waals surface area contributed by atoms with Crippen molar-refractivity contribution in [3.05, 3.63) is 34.9 Å². The van der Waals surface area contributed by atoms with E-state index in [1.165, 1.54) is 44.5 Å². The summed E-state index contributed by atoms with van der Waals surface area (Å²) in [7, 11) is 2.20. The second kappa shape index (κ2) is 8.80. The monoisotopic (exact) mass is 302 g/mol. The first kappa shape index (κ1) is 16.8. The Morgan fingerprint density at radius 2 is 2.05 bits per heavy atom. The third kappa shape index (κ3) is 6.13. The predicted molar refractivity (Wildman–Crippen MR) is 85.2 cm³/mol. The number of piperidine rings is 1. The van der Waals surface area contributed by atoms with E-state index in [9.17, 15) is 0 Å². The first-order valence-corrected chi connectivity index (χ1v) is 7.25. The van der Waals surface area contributed by atoms with Gasteiger partial charge in [0.2, 0.25) is 0 Å². The number of hydrogen-bond acceptors (Lipinski definition) is 2. The minimum Gasteiger partial charge on any atom is -0.317 e. The minimum absolute atomic E-state index is 0. The molecule has 108 valence electrons. The summed E-state index contributed by atoms with van der Waals surface area (Å²) in [5.74, 6) is 0.910. The molecule has 0 aromatic heterocycles. The van der Waals surface area contributed by atoms with E-state index in [1.54, 1.807) is 0 Å². The van der Waals surface area contributed by atoms with E-state index in [1.807, 2.05) is 12.1 Å². The van der Waals surface area contributed by atoms with E-state index in [0.717, 1.165) is 17.5 Å². The molecule has 4 heteroatoms. The molecule has 0 saturated carbocycles. The van der Waals surface area contributed by atoms with Gasteiger partial charge in [0.25, 0.3) is 0 Å². The SMILES string of the molecule is CN(CCC1CCNCC1)Cc1cccc(Cl)c1.Cl. The van der Waals surface area contributed by atoms with Crippen LogP contribution in [0.15, 0.2) is 24.3 Å². The van der Waals surface area contributed by atoms with Crippen LogP contribution < -0.4 is 5.32 Å². The maximum absolute atomic E-state index is 6.00. The fourth-order valence-corrected chi connectivity index (χ4v) is 2.81. The van der Waals surface area contributed by atoms with Gasteiger partial charge in [-0.15, -0.1) is 12.4 Å². The summed E-state index contributed by atoms with van der Waals surface area (Å²) in [6.07, 6.45) is 3.99. The first-order chi connectivity index (χ1) is 8.74. The summed E-state index contributed by atoms with van der Waals surface area (Å²) in [5, 5.41) is 4.25. The van der Waals surface area contributed by atoms with E-state index in [0.29, 0.717) is 0 Å². The first-order valence-electron chi connectivity index (χ1n) is 6.88. The standard InChI is InChI=1S/C15H23ClN2.ClH/c1-18(10-7-13-5-8-17-9-6-13)12-14-3-2-4-15(16)11-14;/h2-4,11,13,17H,5-10,12H2,1H3;1H. The molecule has 1 aliphatic rings. The molecule has 1 aliphatic heterocycles. The zero-order valence-electron chi connectivity index (χ0n) is 11.6. The third-order valence-electron chi connectivity index (χ3n) is 3.72. The molecule has 2 nitrogen and oxygen atoms in total. The maximum Gasteiger partial charge on any atom is 0.0409 e. The Morgan fingerprint density at radius 1 is 1.32 bits per heavy atom. The van der Waals surface area contributed by atoms with Gasteiger partial charge in [-0.1, -0.05) is 23.7 Å². The normalized spacial score (nSPS) is 16.4. The minimum atomic E-state index is 0. The Bertz CT molecular complexity index is 365. The molecule has 0 atom stereocenters. The van der Waals surface area contributed by atoms with E-state index in [-0.39, 0.29) is 12.4 Å². The van der Waals surface area contributed by atoms with Crippen molar-refractivity contribution in [2.45, 2.75) is 25.8 Å². The van der Waals surface area contributed by atoms with Crippen molar-refractivity contribution in [3.63, 3.8) is 0 Å². The average molecular weight is 303 g/mol. The molecule has 1 aromatic rings. The Hall–Kier alpha value is -0.280. The van der Waals surface area contributed by atoms with Crippen molar-refractivity contribution >= 4 is 24.0 Å². The van der Waals surface area contributed by atoms with Gasteiger partial charge < -0.3 is 10.2 Å². The van der Waals surface area contributed by atoms with Gasteiger partial charge in [0, 0.05) is 11.6 Å². The topological polar surface area (TPSA) is 15.3 Å². The quantitative estimate of drug-likeness (QED) is 0.894. The number of nitrogens with zero attached hydrogens (tertiary/aromatic N) is 1. The molecule has 1 saturated heterocycles. The van der Waals surface area contributed by atoms with Gasteiger partial charge in [0.15, 0.2) is 0 Å². The smallest absolute Gasteiger partial charge is 0.0409 e. The largest absolute Gasteiger partial charge is 0.317 e. The molecule has 0 radical (unpaired) electrons. The molecular weight excluding hydrogens is 279 g/mol. The molecule has 1 heterocycles. The second-order valence-electron chi connectivity index (χ2n) is 5.35. The van der Waals surface area contributed by atoms with Crippen LogP contribution in [0.25, 0.3) is 0 Å². The van der Waals surface area contributed by atoms with Crippen molar-refractivity contribution in [2.24, 2.45) is 5.92 Å². The summed E-state index contributed by atoms with van der Waals surface area (Å²) in [6, 6.07) is 8.16. The van der Waals surface area contributed by atoms with E-state index < -0.39 is 0 Å². The molecule has 1 fully saturated rings. The molecular formula is C15H24Cl2N2. The lowest BCUT2D eigenvalue weighted by Gasteiger charge is -2.25. The van der Waals surface area contributed by atoms with Crippen LogP contribution in [0.1, 0.15) is 24.8 Å². The number of benzene rings is 1. The molecule has 0 amide bonds. The summed E-state index contributed by atoms with van der Waals surface area (Å²) in [5.41, 5.74) is 1.30. The third-order valence-corrected chi connectivity index (χ3v) is 3.95. The van der Waals surface area contributed by atoms with Gasteiger partial charge in [-0.2, -0.15) is 0 Å². The van der Waals surface area contributed by atoms with Crippen LogP contribution in [-0.4, -0.2) is 31.6 Å². The number of rotatable bonds is 5. The number of hydrogen-bond donors (Lipinski definition) is 1. The predicted octanol–water partition coefficient (Wildman–Crippen LogP) is 3.58. The van der Waals surface area contributed by atoms with Crippen molar-refractivity contribution in [1.29, 1.82) is 0 Å². The Labute approximate surface area is 127 Å². The van der Waals surface area contributed by atoms with Gasteiger partial charge in [0.1, 0.15) is 0 Å².